The summed E-state index contributed by atoms with van der Waals surface area (Å²) in [5, 5.41) is 10.7. The lowest BCUT2D eigenvalue weighted by Crippen LogP contribution is -2.52. The van der Waals surface area contributed by atoms with E-state index in [4.69, 9.17) is 9.47 Å². The molecule has 0 saturated carbocycles. The summed E-state index contributed by atoms with van der Waals surface area (Å²) in [6, 6.07) is 4.64. The third-order valence-corrected chi connectivity index (χ3v) is 6.53. The SMILES string of the molecule is CCOC(=O)C1(Cc2cn(-c3ccc4c(c3)CN(C3CCC(=O)NC3=O)C4=O)nn2)CCCO1. The van der Waals surface area contributed by atoms with Crippen LogP contribution in [0.2, 0.25) is 0 Å². The van der Waals surface area contributed by atoms with Crippen LogP contribution in [0.1, 0.15) is 54.2 Å². The summed E-state index contributed by atoms with van der Waals surface area (Å²) in [7, 11) is 0. The van der Waals surface area contributed by atoms with Gasteiger partial charge in [-0.2, -0.15) is 0 Å². The van der Waals surface area contributed by atoms with Gasteiger partial charge in [-0.25, -0.2) is 9.48 Å². The quantitative estimate of drug-likeness (QED) is 0.485. The molecule has 3 amide bonds. The molecule has 2 aromatic rings. The Morgan fingerprint density at radius 1 is 1.32 bits per heavy atom. The minimum Gasteiger partial charge on any atom is -0.464 e. The van der Waals surface area contributed by atoms with Crippen molar-refractivity contribution in [2.24, 2.45) is 0 Å². The van der Waals surface area contributed by atoms with E-state index in [0.717, 1.165) is 12.0 Å². The highest BCUT2D eigenvalue weighted by Crippen LogP contribution is 2.32. The molecule has 1 N–H and O–H groups in total. The zero-order valence-electron chi connectivity index (χ0n) is 18.8. The van der Waals surface area contributed by atoms with Gasteiger partial charge in [-0.1, -0.05) is 5.21 Å². The van der Waals surface area contributed by atoms with Crippen molar-refractivity contribution in [2.45, 2.75) is 57.2 Å². The number of hydrogen-bond acceptors (Lipinski definition) is 8. The Bertz CT molecular complexity index is 1170. The third kappa shape index (κ3) is 3.85. The van der Waals surface area contributed by atoms with Crippen LogP contribution in [0.5, 0.6) is 0 Å². The zero-order chi connectivity index (χ0) is 23.9. The maximum absolute atomic E-state index is 12.9. The van der Waals surface area contributed by atoms with Crippen molar-refractivity contribution in [3.63, 3.8) is 0 Å². The van der Waals surface area contributed by atoms with Crippen LogP contribution in [0.4, 0.5) is 0 Å². The van der Waals surface area contributed by atoms with E-state index in [9.17, 15) is 19.2 Å². The van der Waals surface area contributed by atoms with Gasteiger partial charge in [-0.15, -0.1) is 5.10 Å². The van der Waals surface area contributed by atoms with Crippen molar-refractivity contribution in [3.8, 4) is 5.69 Å². The molecule has 11 heteroatoms. The van der Waals surface area contributed by atoms with Crippen molar-refractivity contribution in [2.75, 3.05) is 13.2 Å². The van der Waals surface area contributed by atoms with Crippen LogP contribution in [-0.2, 0) is 36.8 Å². The van der Waals surface area contributed by atoms with Gasteiger partial charge in [-0.3, -0.25) is 19.7 Å². The molecule has 3 aliphatic rings. The van der Waals surface area contributed by atoms with Gasteiger partial charge in [0.05, 0.1) is 24.2 Å². The number of benzene rings is 1. The number of esters is 1. The van der Waals surface area contributed by atoms with Gasteiger partial charge in [0.15, 0.2) is 5.60 Å². The number of nitrogens with one attached hydrogen (secondary N) is 1. The Morgan fingerprint density at radius 2 is 2.18 bits per heavy atom. The summed E-state index contributed by atoms with van der Waals surface area (Å²) in [6.07, 6.45) is 3.86. The van der Waals surface area contributed by atoms with Crippen LogP contribution in [0, 0.1) is 0 Å². The highest BCUT2D eigenvalue weighted by atomic mass is 16.6. The molecule has 2 unspecified atom stereocenters. The van der Waals surface area contributed by atoms with Crippen LogP contribution in [0.3, 0.4) is 0 Å². The lowest BCUT2D eigenvalue weighted by molar-refractivity contribution is -0.166. The average Bonchev–Trinajstić information content (AvgIpc) is 3.55. The van der Waals surface area contributed by atoms with Gasteiger partial charge >= 0.3 is 5.97 Å². The van der Waals surface area contributed by atoms with E-state index in [-0.39, 0.29) is 43.8 Å². The van der Waals surface area contributed by atoms with Crippen LogP contribution >= 0.6 is 0 Å². The predicted molar refractivity (Wildman–Crippen MR) is 116 cm³/mol. The summed E-state index contributed by atoms with van der Waals surface area (Å²) in [6.45, 7) is 2.81. The van der Waals surface area contributed by atoms with E-state index >= 15 is 0 Å². The second kappa shape index (κ2) is 8.64. The molecule has 178 valence electrons. The van der Waals surface area contributed by atoms with Gasteiger partial charge in [-0.05, 0) is 49.9 Å². The molecule has 0 radical (unpaired) electrons. The van der Waals surface area contributed by atoms with E-state index < -0.39 is 17.6 Å². The van der Waals surface area contributed by atoms with Gasteiger partial charge in [0.1, 0.15) is 6.04 Å². The molecule has 0 bridgehead atoms. The van der Waals surface area contributed by atoms with Crippen LogP contribution < -0.4 is 5.32 Å². The Hall–Kier alpha value is -3.60. The molecular weight excluding hydrogens is 442 g/mol. The predicted octanol–water partition coefficient (Wildman–Crippen LogP) is 0.683. The fraction of sp³-hybridized carbons (Fsp3) is 0.478. The molecule has 0 aliphatic carbocycles. The maximum Gasteiger partial charge on any atom is 0.338 e. The third-order valence-electron chi connectivity index (χ3n) is 6.53. The van der Waals surface area contributed by atoms with Gasteiger partial charge in [0, 0.05) is 31.6 Å². The smallest absolute Gasteiger partial charge is 0.338 e. The summed E-state index contributed by atoms with van der Waals surface area (Å²) in [4.78, 5) is 50.6. The largest absolute Gasteiger partial charge is 0.464 e. The topological polar surface area (TPSA) is 133 Å². The number of rotatable bonds is 6. The number of aromatic nitrogens is 3. The second-order valence-electron chi connectivity index (χ2n) is 8.74. The number of imide groups is 1. The number of hydrogen-bond donors (Lipinski definition) is 1. The molecule has 4 heterocycles. The number of carbonyl (C=O) groups excluding carboxylic acids is 4. The van der Waals surface area contributed by atoms with E-state index in [1.807, 2.05) is 6.07 Å². The molecule has 2 saturated heterocycles. The molecule has 1 aromatic heterocycles. The van der Waals surface area contributed by atoms with E-state index in [2.05, 4.69) is 15.6 Å². The number of nitrogens with zero attached hydrogens (tertiary/aromatic N) is 4. The first-order valence-corrected chi connectivity index (χ1v) is 11.4. The van der Waals surface area contributed by atoms with E-state index in [1.54, 1.807) is 29.9 Å². The highest BCUT2D eigenvalue weighted by molar-refractivity contribution is 6.05. The number of amides is 3. The molecule has 1 aromatic carbocycles. The molecule has 3 aliphatic heterocycles. The van der Waals surface area contributed by atoms with Crippen LogP contribution in [0.25, 0.3) is 5.69 Å². The van der Waals surface area contributed by atoms with Crippen molar-refractivity contribution in [3.05, 3.63) is 41.2 Å². The first-order chi connectivity index (χ1) is 16.4. The van der Waals surface area contributed by atoms with E-state index in [0.29, 0.717) is 36.4 Å². The zero-order valence-corrected chi connectivity index (χ0v) is 18.8. The molecule has 2 atom stereocenters. The minimum atomic E-state index is -1.04. The Balaban J connectivity index is 1.34. The second-order valence-corrected chi connectivity index (χ2v) is 8.74. The molecule has 11 nitrogen and oxygen atoms in total. The Labute approximate surface area is 195 Å². The van der Waals surface area contributed by atoms with Crippen molar-refractivity contribution >= 4 is 23.7 Å². The van der Waals surface area contributed by atoms with Crippen molar-refractivity contribution in [1.82, 2.24) is 25.2 Å². The van der Waals surface area contributed by atoms with E-state index in [1.165, 1.54) is 4.90 Å². The normalized spacial score (nSPS) is 24.3. The van der Waals surface area contributed by atoms with Gasteiger partial charge < -0.3 is 14.4 Å². The number of carbonyl (C=O) groups is 4. The minimum absolute atomic E-state index is 0.209. The fourth-order valence-corrected chi connectivity index (χ4v) is 4.83. The van der Waals surface area contributed by atoms with Crippen LogP contribution in [-0.4, -0.2) is 68.4 Å². The first-order valence-electron chi connectivity index (χ1n) is 11.4. The molecule has 2 fully saturated rings. The number of piperidine rings is 1. The number of ether oxygens (including phenoxy) is 2. The molecule has 5 rings (SSSR count). The van der Waals surface area contributed by atoms with Crippen molar-refractivity contribution in [1.29, 1.82) is 0 Å². The average molecular weight is 467 g/mol. The first kappa shape index (κ1) is 22.2. The van der Waals surface area contributed by atoms with Gasteiger partial charge in [0.2, 0.25) is 11.8 Å². The Kier molecular flexibility index (Phi) is 5.64. The molecule has 34 heavy (non-hydrogen) atoms. The monoisotopic (exact) mass is 467 g/mol. The Morgan fingerprint density at radius 3 is 2.91 bits per heavy atom. The lowest BCUT2D eigenvalue weighted by Gasteiger charge is -2.29. The highest BCUT2D eigenvalue weighted by Gasteiger charge is 2.45. The summed E-state index contributed by atoms with van der Waals surface area (Å²) in [5.41, 5.74) is 1.55. The number of fused-ring (bicyclic) bond motifs is 1. The molecular formula is C23H25N5O6. The fourth-order valence-electron chi connectivity index (χ4n) is 4.83. The lowest BCUT2D eigenvalue weighted by atomic mass is 9.94. The molecule has 0 spiro atoms. The maximum atomic E-state index is 12.9. The standard InChI is InChI=1S/C23H25N5O6/c1-2-33-22(32)23(8-3-9-34-23)11-15-13-28(26-25-15)16-4-5-17-14(10-16)12-27(21(17)31)18-6-7-19(29)24-20(18)30/h4-5,10,13,18H,2-3,6-9,11-12H2,1H3,(H,24,29,30). The van der Waals surface area contributed by atoms with Crippen LogP contribution in [0.15, 0.2) is 24.4 Å². The summed E-state index contributed by atoms with van der Waals surface area (Å²) in [5.74, 6) is -1.37. The summed E-state index contributed by atoms with van der Waals surface area (Å²) >= 11 is 0. The summed E-state index contributed by atoms with van der Waals surface area (Å²) < 4.78 is 12.6. The van der Waals surface area contributed by atoms with Gasteiger partial charge in [0.25, 0.3) is 5.91 Å². The van der Waals surface area contributed by atoms with Crippen molar-refractivity contribution < 1.29 is 28.7 Å².